The average molecular weight is 312 g/mol. The van der Waals surface area contributed by atoms with Crippen molar-refractivity contribution in [1.29, 1.82) is 0 Å². The van der Waals surface area contributed by atoms with Crippen LogP contribution in [-0.4, -0.2) is 36.4 Å². The van der Waals surface area contributed by atoms with E-state index in [4.69, 9.17) is 24.0 Å². The predicted molar refractivity (Wildman–Crippen MR) is 74.3 cm³/mol. The minimum atomic E-state index is -0.756. The zero-order valence-electron chi connectivity index (χ0n) is 13.4. The van der Waals surface area contributed by atoms with Crippen molar-refractivity contribution in [2.24, 2.45) is 17.8 Å². The standard InChI is InChI=1S/C16H24O6/c1-10-4-5-12-14(2,8-18-9-17)19-13-16(12)11(10)6-7-15(3,20-13)21-22-16/h9-13H,4-8H2,1-3H3/t10-,11+,12?,13+,14-,15-,16-/m1/s1. The maximum absolute atomic E-state index is 10.6. The Bertz CT molecular complexity index is 483. The molecule has 7 atom stereocenters. The van der Waals surface area contributed by atoms with Crippen molar-refractivity contribution >= 4 is 6.47 Å². The van der Waals surface area contributed by atoms with Gasteiger partial charge in [0.2, 0.25) is 5.79 Å². The third-order valence-electron chi connectivity index (χ3n) is 6.27. The summed E-state index contributed by atoms with van der Waals surface area (Å²) in [5, 5.41) is 0. The van der Waals surface area contributed by atoms with E-state index in [1.807, 2.05) is 13.8 Å². The third kappa shape index (κ3) is 1.78. The maximum atomic E-state index is 10.6. The molecule has 0 aromatic carbocycles. The van der Waals surface area contributed by atoms with Gasteiger partial charge in [0.1, 0.15) is 12.2 Å². The highest BCUT2D eigenvalue weighted by atomic mass is 17.3. The van der Waals surface area contributed by atoms with Crippen LogP contribution < -0.4 is 0 Å². The lowest BCUT2D eigenvalue weighted by molar-refractivity contribution is -0.541. The monoisotopic (exact) mass is 312 g/mol. The van der Waals surface area contributed by atoms with Gasteiger partial charge >= 0.3 is 0 Å². The van der Waals surface area contributed by atoms with Crippen LogP contribution in [-0.2, 0) is 28.8 Å². The zero-order valence-corrected chi connectivity index (χ0v) is 13.4. The van der Waals surface area contributed by atoms with Gasteiger partial charge in [0.15, 0.2) is 11.9 Å². The van der Waals surface area contributed by atoms with Gasteiger partial charge in [-0.15, -0.1) is 0 Å². The van der Waals surface area contributed by atoms with Crippen LogP contribution in [0.25, 0.3) is 0 Å². The Labute approximate surface area is 130 Å². The normalized spacial score (nSPS) is 56.3. The molecule has 2 bridgehead atoms. The fourth-order valence-corrected chi connectivity index (χ4v) is 5.14. The molecular formula is C16H24O6. The summed E-state index contributed by atoms with van der Waals surface area (Å²) in [5.74, 6) is 0.200. The van der Waals surface area contributed by atoms with Gasteiger partial charge in [-0.25, -0.2) is 9.78 Å². The Morgan fingerprint density at radius 1 is 1.18 bits per heavy atom. The Morgan fingerprint density at radius 2 is 2.00 bits per heavy atom. The van der Waals surface area contributed by atoms with E-state index in [9.17, 15) is 4.79 Å². The molecule has 1 spiro atoms. The van der Waals surface area contributed by atoms with Crippen LogP contribution in [0, 0.1) is 17.8 Å². The molecule has 4 heterocycles. The first-order chi connectivity index (χ1) is 10.4. The van der Waals surface area contributed by atoms with Crippen LogP contribution in [0.5, 0.6) is 0 Å². The Hall–Kier alpha value is -0.690. The van der Waals surface area contributed by atoms with Gasteiger partial charge < -0.3 is 14.2 Å². The lowest BCUT2D eigenvalue weighted by Gasteiger charge is -2.50. The topological polar surface area (TPSA) is 63.2 Å². The van der Waals surface area contributed by atoms with Gasteiger partial charge in [0.25, 0.3) is 6.47 Å². The van der Waals surface area contributed by atoms with Gasteiger partial charge in [-0.3, -0.25) is 4.79 Å². The van der Waals surface area contributed by atoms with E-state index >= 15 is 0 Å². The zero-order chi connectivity index (χ0) is 15.6. The van der Waals surface area contributed by atoms with Crippen molar-refractivity contribution in [2.75, 3.05) is 6.61 Å². The highest BCUT2D eigenvalue weighted by Gasteiger charge is 2.74. The van der Waals surface area contributed by atoms with E-state index in [0.29, 0.717) is 18.3 Å². The summed E-state index contributed by atoms with van der Waals surface area (Å²) in [6.07, 6.45) is 3.41. The summed E-state index contributed by atoms with van der Waals surface area (Å²) < 4.78 is 17.5. The molecular weight excluding hydrogens is 288 g/mol. The lowest BCUT2D eigenvalue weighted by Crippen LogP contribution is -2.62. The van der Waals surface area contributed by atoms with Gasteiger partial charge in [0.05, 0.1) is 0 Å². The first kappa shape index (κ1) is 14.9. The molecule has 6 heteroatoms. The Balaban J connectivity index is 1.76. The van der Waals surface area contributed by atoms with Crippen LogP contribution in [0.15, 0.2) is 0 Å². The summed E-state index contributed by atoms with van der Waals surface area (Å²) in [4.78, 5) is 22.3. The van der Waals surface area contributed by atoms with E-state index in [1.54, 1.807) is 0 Å². The van der Waals surface area contributed by atoms with E-state index in [0.717, 1.165) is 25.7 Å². The molecule has 0 radical (unpaired) electrons. The fourth-order valence-electron chi connectivity index (χ4n) is 5.14. The summed E-state index contributed by atoms with van der Waals surface area (Å²) in [6.45, 7) is 6.84. The molecule has 4 saturated heterocycles. The number of carbonyl (C=O) groups excluding carboxylic acids is 1. The number of rotatable bonds is 3. The summed E-state index contributed by atoms with van der Waals surface area (Å²) in [7, 11) is 0. The second-order valence-electron chi connectivity index (χ2n) is 7.69. The number of ether oxygens (including phenoxy) is 3. The number of hydrogen-bond acceptors (Lipinski definition) is 6. The smallest absolute Gasteiger partial charge is 0.293 e. The van der Waals surface area contributed by atoms with Gasteiger partial charge in [-0.1, -0.05) is 6.92 Å². The first-order valence-corrected chi connectivity index (χ1v) is 8.21. The van der Waals surface area contributed by atoms with E-state index in [-0.39, 0.29) is 12.5 Å². The average Bonchev–Trinajstić information content (AvgIpc) is 2.59. The summed E-state index contributed by atoms with van der Waals surface area (Å²) >= 11 is 0. The Morgan fingerprint density at radius 3 is 2.77 bits per heavy atom. The van der Waals surface area contributed by atoms with Crippen LogP contribution in [0.4, 0.5) is 0 Å². The van der Waals surface area contributed by atoms with E-state index in [1.165, 1.54) is 0 Å². The third-order valence-corrected chi connectivity index (χ3v) is 6.27. The highest BCUT2D eigenvalue weighted by Crippen LogP contribution is 2.63. The quantitative estimate of drug-likeness (QED) is 0.588. The molecule has 4 aliphatic heterocycles. The maximum Gasteiger partial charge on any atom is 0.293 e. The molecule has 124 valence electrons. The van der Waals surface area contributed by atoms with Crippen molar-refractivity contribution in [1.82, 2.24) is 0 Å². The first-order valence-electron chi connectivity index (χ1n) is 8.21. The molecule has 22 heavy (non-hydrogen) atoms. The van der Waals surface area contributed by atoms with Crippen LogP contribution >= 0.6 is 0 Å². The molecule has 0 amide bonds. The van der Waals surface area contributed by atoms with Crippen LogP contribution in [0.1, 0.15) is 46.5 Å². The Kier molecular flexibility index (Phi) is 3.15. The minimum Gasteiger partial charge on any atom is -0.465 e. The second kappa shape index (κ2) is 4.66. The van der Waals surface area contributed by atoms with Gasteiger partial charge in [-0.05, 0) is 44.9 Å². The minimum absolute atomic E-state index is 0.0915. The largest absolute Gasteiger partial charge is 0.465 e. The number of fused-ring (bicyclic) bond motifs is 2. The number of hydrogen-bond donors (Lipinski definition) is 0. The molecule has 5 aliphatic rings. The molecule has 0 N–H and O–H groups in total. The van der Waals surface area contributed by atoms with E-state index < -0.39 is 23.3 Å². The molecule has 5 fully saturated rings. The molecule has 6 nitrogen and oxygen atoms in total. The second-order valence-corrected chi connectivity index (χ2v) is 7.69. The molecule has 1 saturated carbocycles. The lowest BCUT2D eigenvalue weighted by atomic mass is 9.60. The predicted octanol–water partition coefficient (Wildman–Crippen LogP) is 2.16. The fraction of sp³-hybridized carbons (Fsp3) is 0.938. The van der Waals surface area contributed by atoms with Crippen molar-refractivity contribution in [3.05, 3.63) is 0 Å². The number of carbonyl (C=O) groups is 1. The summed E-state index contributed by atoms with van der Waals surface area (Å²) in [6, 6.07) is 0. The molecule has 0 aromatic rings. The highest BCUT2D eigenvalue weighted by molar-refractivity contribution is 5.37. The molecule has 1 aliphatic carbocycles. The molecule has 5 rings (SSSR count). The van der Waals surface area contributed by atoms with Gasteiger partial charge in [0, 0.05) is 12.3 Å². The van der Waals surface area contributed by atoms with Crippen LogP contribution in [0.2, 0.25) is 0 Å². The van der Waals surface area contributed by atoms with Crippen molar-refractivity contribution < 1.29 is 28.8 Å². The van der Waals surface area contributed by atoms with Gasteiger partial charge in [-0.2, -0.15) is 0 Å². The van der Waals surface area contributed by atoms with Crippen molar-refractivity contribution in [3.8, 4) is 0 Å². The van der Waals surface area contributed by atoms with E-state index in [2.05, 4.69) is 6.92 Å². The van der Waals surface area contributed by atoms with Crippen molar-refractivity contribution in [2.45, 2.75) is 69.7 Å². The molecule has 1 unspecified atom stereocenters. The van der Waals surface area contributed by atoms with Crippen LogP contribution in [0.3, 0.4) is 0 Å². The summed E-state index contributed by atoms with van der Waals surface area (Å²) in [5.41, 5.74) is -1.19. The van der Waals surface area contributed by atoms with Crippen molar-refractivity contribution in [3.63, 3.8) is 0 Å². The molecule has 0 aromatic heterocycles. The SMILES string of the molecule is C[C@@H]1CCC2[C@]34OO[C@](C)(CC[C@@H]13)O[C@@H]4O[C@]2(C)COC=O.